The molecular formula is C15H25N3O. The highest BCUT2D eigenvalue weighted by molar-refractivity contribution is 5.22. The maximum Gasteiger partial charge on any atom is 0.157 e. The van der Waals surface area contributed by atoms with Crippen molar-refractivity contribution < 1.29 is 4.74 Å². The number of fused-ring (bicyclic) bond motifs is 1. The zero-order valence-corrected chi connectivity index (χ0v) is 12.4. The third-order valence-electron chi connectivity index (χ3n) is 3.86. The third-order valence-corrected chi connectivity index (χ3v) is 3.86. The van der Waals surface area contributed by atoms with Crippen LogP contribution in [-0.2, 0) is 17.6 Å². The van der Waals surface area contributed by atoms with Crippen LogP contribution >= 0.6 is 0 Å². The zero-order valence-electron chi connectivity index (χ0n) is 12.4. The van der Waals surface area contributed by atoms with Gasteiger partial charge in [-0.15, -0.1) is 0 Å². The summed E-state index contributed by atoms with van der Waals surface area (Å²) in [5.74, 6) is 1.39. The summed E-state index contributed by atoms with van der Waals surface area (Å²) in [4.78, 5) is 9.26. The molecule has 0 spiro atoms. The molecule has 1 aromatic heterocycles. The number of hydrogen-bond acceptors (Lipinski definition) is 4. The number of aryl methyl sites for hydroxylation is 1. The molecule has 0 bridgehead atoms. The predicted molar refractivity (Wildman–Crippen MR) is 75.8 cm³/mol. The molecule has 2 atom stereocenters. The predicted octanol–water partition coefficient (Wildman–Crippen LogP) is 2.27. The Morgan fingerprint density at radius 2 is 2.21 bits per heavy atom. The van der Waals surface area contributed by atoms with Crippen molar-refractivity contribution in [2.75, 3.05) is 13.7 Å². The molecular weight excluding hydrogens is 238 g/mol. The van der Waals surface area contributed by atoms with E-state index in [1.54, 1.807) is 7.11 Å². The molecule has 0 fully saturated rings. The number of nitrogens with two attached hydrogens (primary N) is 1. The first-order chi connectivity index (χ1) is 8.95. The summed E-state index contributed by atoms with van der Waals surface area (Å²) >= 11 is 0. The Morgan fingerprint density at radius 3 is 2.79 bits per heavy atom. The lowest BCUT2D eigenvalue weighted by atomic mass is 9.86. The first-order valence-corrected chi connectivity index (χ1v) is 7.03. The van der Waals surface area contributed by atoms with Gasteiger partial charge in [0.15, 0.2) is 5.82 Å². The SMILES string of the molecule is COC(c1ncc2c(n1)CCC(CN)C2)C(C)(C)C. The lowest BCUT2D eigenvalue weighted by Gasteiger charge is -2.29. The van der Waals surface area contributed by atoms with Gasteiger partial charge in [0.25, 0.3) is 0 Å². The van der Waals surface area contributed by atoms with Gasteiger partial charge in [-0.2, -0.15) is 0 Å². The molecule has 2 unspecified atom stereocenters. The van der Waals surface area contributed by atoms with Gasteiger partial charge in [-0.3, -0.25) is 0 Å². The molecule has 2 rings (SSSR count). The van der Waals surface area contributed by atoms with Crippen molar-refractivity contribution in [2.45, 2.75) is 46.1 Å². The molecule has 0 amide bonds. The normalized spacial score (nSPS) is 21.0. The first-order valence-electron chi connectivity index (χ1n) is 7.03. The third kappa shape index (κ3) is 3.12. The fraction of sp³-hybridized carbons (Fsp3) is 0.733. The van der Waals surface area contributed by atoms with Crippen molar-refractivity contribution in [2.24, 2.45) is 17.1 Å². The van der Waals surface area contributed by atoms with E-state index in [4.69, 9.17) is 15.5 Å². The van der Waals surface area contributed by atoms with Crippen LogP contribution in [0.15, 0.2) is 6.20 Å². The number of hydrogen-bond donors (Lipinski definition) is 1. The molecule has 0 aromatic carbocycles. The van der Waals surface area contributed by atoms with Crippen molar-refractivity contribution in [1.29, 1.82) is 0 Å². The fourth-order valence-electron chi connectivity index (χ4n) is 2.77. The van der Waals surface area contributed by atoms with E-state index in [2.05, 4.69) is 25.8 Å². The quantitative estimate of drug-likeness (QED) is 0.908. The topological polar surface area (TPSA) is 61.0 Å². The number of methoxy groups -OCH3 is 1. The largest absolute Gasteiger partial charge is 0.373 e. The lowest BCUT2D eigenvalue weighted by molar-refractivity contribution is 0.00840. The Morgan fingerprint density at radius 1 is 1.47 bits per heavy atom. The van der Waals surface area contributed by atoms with E-state index in [-0.39, 0.29) is 11.5 Å². The summed E-state index contributed by atoms with van der Waals surface area (Å²) in [6.45, 7) is 7.20. The summed E-state index contributed by atoms with van der Waals surface area (Å²) in [6.07, 6.45) is 5.06. The van der Waals surface area contributed by atoms with Gasteiger partial charge >= 0.3 is 0 Å². The number of rotatable bonds is 3. The smallest absolute Gasteiger partial charge is 0.157 e. The molecule has 106 valence electrons. The van der Waals surface area contributed by atoms with Crippen LogP contribution < -0.4 is 5.73 Å². The van der Waals surface area contributed by atoms with Crippen LogP contribution in [0.3, 0.4) is 0 Å². The van der Waals surface area contributed by atoms with E-state index in [1.807, 2.05) is 6.20 Å². The van der Waals surface area contributed by atoms with Crippen LogP contribution in [0.25, 0.3) is 0 Å². The molecule has 0 saturated heterocycles. The molecule has 1 heterocycles. The zero-order chi connectivity index (χ0) is 14.0. The minimum absolute atomic E-state index is 0.00253. The highest BCUT2D eigenvalue weighted by atomic mass is 16.5. The van der Waals surface area contributed by atoms with Crippen LogP contribution in [0.4, 0.5) is 0 Å². The Kier molecular flexibility index (Phi) is 4.21. The Bertz CT molecular complexity index is 440. The van der Waals surface area contributed by atoms with Crippen molar-refractivity contribution in [1.82, 2.24) is 9.97 Å². The number of ether oxygens (including phenoxy) is 1. The van der Waals surface area contributed by atoms with Gasteiger partial charge in [-0.05, 0) is 42.7 Å². The van der Waals surface area contributed by atoms with Gasteiger partial charge in [0.05, 0.1) is 0 Å². The Hall–Kier alpha value is -1.00. The monoisotopic (exact) mass is 263 g/mol. The fourth-order valence-corrected chi connectivity index (χ4v) is 2.77. The molecule has 0 radical (unpaired) electrons. The Labute approximate surface area is 115 Å². The van der Waals surface area contributed by atoms with Crippen molar-refractivity contribution in [3.8, 4) is 0 Å². The van der Waals surface area contributed by atoms with Gasteiger partial charge in [-0.1, -0.05) is 20.8 Å². The standard InChI is InChI=1S/C15H25N3O/c1-15(2,3)13(19-4)14-17-9-11-7-10(8-16)5-6-12(11)18-14/h9-10,13H,5-8,16H2,1-4H3. The van der Waals surface area contributed by atoms with E-state index in [9.17, 15) is 0 Å². The van der Waals surface area contributed by atoms with Gasteiger partial charge in [0, 0.05) is 19.0 Å². The second kappa shape index (κ2) is 5.55. The highest BCUT2D eigenvalue weighted by Crippen LogP contribution is 2.34. The molecule has 1 aliphatic rings. The van der Waals surface area contributed by atoms with Crippen LogP contribution in [0.2, 0.25) is 0 Å². The molecule has 1 aliphatic carbocycles. The van der Waals surface area contributed by atoms with E-state index >= 15 is 0 Å². The van der Waals surface area contributed by atoms with E-state index < -0.39 is 0 Å². The molecule has 2 N–H and O–H groups in total. The number of aromatic nitrogens is 2. The van der Waals surface area contributed by atoms with Crippen molar-refractivity contribution in [3.63, 3.8) is 0 Å². The second-order valence-corrected chi connectivity index (χ2v) is 6.53. The van der Waals surface area contributed by atoms with Gasteiger partial charge < -0.3 is 10.5 Å². The minimum atomic E-state index is -0.0648. The van der Waals surface area contributed by atoms with Crippen LogP contribution in [-0.4, -0.2) is 23.6 Å². The first kappa shape index (κ1) is 14.4. The molecule has 1 aromatic rings. The number of nitrogens with zero attached hydrogens (tertiary/aromatic N) is 2. The van der Waals surface area contributed by atoms with E-state index in [1.165, 1.54) is 11.3 Å². The summed E-state index contributed by atoms with van der Waals surface area (Å²) in [6, 6.07) is 0. The molecule has 0 aliphatic heterocycles. The maximum atomic E-state index is 5.76. The van der Waals surface area contributed by atoms with Crippen molar-refractivity contribution in [3.05, 3.63) is 23.3 Å². The van der Waals surface area contributed by atoms with Gasteiger partial charge in [-0.25, -0.2) is 9.97 Å². The summed E-state index contributed by atoms with van der Waals surface area (Å²) in [5.41, 5.74) is 8.19. The molecule has 4 heteroatoms. The van der Waals surface area contributed by atoms with Crippen LogP contribution in [0.5, 0.6) is 0 Å². The summed E-state index contributed by atoms with van der Waals surface area (Å²) in [5, 5.41) is 0. The second-order valence-electron chi connectivity index (χ2n) is 6.53. The summed E-state index contributed by atoms with van der Waals surface area (Å²) < 4.78 is 5.59. The van der Waals surface area contributed by atoms with E-state index in [0.717, 1.165) is 31.6 Å². The average Bonchev–Trinajstić information content (AvgIpc) is 2.37. The minimum Gasteiger partial charge on any atom is -0.373 e. The Balaban J connectivity index is 2.27. The van der Waals surface area contributed by atoms with E-state index in [0.29, 0.717) is 5.92 Å². The van der Waals surface area contributed by atoms with Crippen LogP contribution in [0.1, 0.15) is 50.4 Å². The molecule has 0 saturated carbocycles. The van der Waals surface area contributed by atoms with Crippen LogP contribution in [0, 0.1) is 11.3 Å². The van der Waals surface area contributed by atoms with Crippen molar-refractivity contribution >= 4 is 0 Å². The molecule has 19 heavy (non-hydrogen) atoms. The maximum absolute atomic E-state index is 5.76. The lowest BCUT2D eigenvalue weighted by Crippen LogP contribution is -2.26. The highest BCUT2D eigenvalue weighted by Gasteiger charge is 2.30. The molecule has 4 nitrogen and oxygen atoms in total. The summed E-state index contributed by atoms with van der Waals surface area (Å²) in [7, 11) is 1.73. The van der Waals surface area contributed by atoms with Gasteiger partial charge in [0.2, 0.25) is 0 Å². The van der Waals surface area contributed by atoms with Gasteiger partial charge in [0.1, 0.15) is 6.10 Å². The average molecular weight is 263 g/mol.